The van der Waals surface area contributed by atoms with Crippen molar-refractivity contribution in [2.45, 2.75) is 62.7 Å². The Hall–Kier alpha value is -0.470. The SMILES string of the molecule is COC1CCCC1NS(=O)(=O)c1ccsc1CNC(C)C. The Morgan fingerprint density at radius 1 is 1.43 bits per heavy atom. The lowest BCUT2D eigenvalue weighted by Crippen LogP contribution is -2.40. The van der Waals surface area contributed by atoms with Gasteiger partial charge in [0.15, 0.2) is 0 Å². The zero-order valence-electron chi connectivity index (χ0n) is 12.8. The van der Waals surface area contributed by atoms with Gasteiger partial charge in [-0.25, -0.2) is 13.1 Å². The van der Waals surface area contributed by atoms with Crippen molar-refractivity contribution in [2.24, 2.45) is 0 Å². The molecule has 21 heavy (non-hydrogen) atoms. The maximum Gasteiger partial charge on any atom is 0.242 e. The van der Waals surface area contributed by atoms with Gasteiger partial charge in [-0.2, -0.15) is 0 Å². The van der Waals surface area contributed by atoms with E-state index in [1.54, 1.807) is 13.2 Å². The minimum Gasteiger partial charge on any atom is -0.380 e. The molecule has 0 aromatic carbocycles. The van der Waals surface area contributed by atoms with Crippen molar-refractivity contribution in [3.63, 3.8) is 0 Å². The van der Waals surface area contributed by atoms with Gasteiger partial charge in [0.25, 0.3) is 0 Å². The van der Waals surface area contributed by atoms with Gasteiger partial charge >= 0.3 is 0 Å². The van der Waals surface area contributed by atoms with Crippen molar-refractivity contribution in [3.8, 4) is 0 Å². The summed E-state index contributed by atoms with van der Waals surface area (Å²) in [6, 6.07) is 1.88. The molecule has 2 N–H and O–H groups in total. The normalized spacial score (nSPS) is 23.0. The first-order valence-electron chi connectivity index (χ1n) is 7.29. The van der Waals surface area contributed by atoms with Gasteiger partial charge in [-0.05, 0) is 30.7 Å². The van der Waals surface area contributed by atoms with E-state index >= 15 is 0 Å². The predicted octanol–water partition coefficient (Wildman–Crippen LogP) is 2.09. The van der Waals surface area contributed by atoms with E-state index in [0.29, 0.717) is 17.5 Å². The average Bonchev–Trinajstić information content (AvgIpc) is 3.04. The van der Waals surface area contributed by atoms with Crippen LogP contribution >= 0.6 is 11.3 Å². The van der Waals surface area contributed by atoms with Crippen LogP contribution in [0.25, 0.3) is 0 Å². The Kier molecular flexibility index (Phi) is 5.79. The summed E-state index contributed by atoms with van der Waals surface area (Å²) in [7, 11) is -1.84. The number of ether oxygens (including phenoxy) is 1. The topological polar surface area (TPSA) is 67.4 Å². The molecule has 1 aliphatic carbocycles. The van der Waals surface area contributed by atoms with E-state index in [1.165, 1.54) is 11.3 Å². The van der Waals surface area contributed by atoms with Crippen molar-refractivity contribution in [1.29, 1.82) is 0 Å². The number of thiophene rings is 1. The van der Waals surface area contributed by atoms with Crippen LogP contribution in [-0.2, 0) is 21.3 Å². The van der Waals surface area contributed by atoms with Crippen LogP contribution in [-0.4, -0.2) is 33.7 Å². The third kappa shape index (κ3) is 4.26. The van der Waals surface area contributed by atoms with Crippen LogP contribution in [0.5, 0.6) is 0 Å². The molecule has 1 fully saturated rings. The van der Waals surface area contributed by atoms with Crippen molar-refractivity contribution in [2.75, 3.05) is 7.11 Å². The summed E-state index contributed by atoms with van der Waals surface area (Å²) in [5.41, 5.74) is 0. The molecular formula is C14H24N2O3S2. The molecule has 0 radical (unpaired) electrons. The summed E-state index contributed by atoms with van der Waals surface area (Å²) in [6.07, 6.45) is 2.73. The first-order valence-corrected chi connectivity index (χ1v) is 9.65. The molecule has 0 amide bonds. The molecular weight excluding hydrogens is 308 g/mol. The van der Waals surface area contributed by atoms with Gasteiger partial charge in [0.05, 0.1) is 11.0 Å². The van der Waals surface area contributed by atoms with Gasteiger partial charge in [-0.1, -0.05) is 13.8 Å². The molecule has 0 aliphatic heterocycles. The molecule has 1 aromatic heterocycles. The van der Waals surface area contributed by atoms with Gasteiger partial charge in [0.1, 0.15) is 0 Å². The number of rotatable bonds is 7. The number of hydrogen-bond acceptors (Lipinski definition) is 5. The van der Waals surface area contributed by atoms with Crippen LogP contribution in [0.3, 0.4) is 0 Å². The molecule has 1 aliphatic rings. The third-order valence-corrected chi connectivity index (χ3v) is 6.35. The summed E-state index contributed by atoms with van der Waals surface area (Å²) < 4.78 is 33.3. The zero-order valence-corrected chi connectivity index (χ0v) is 14.4. The molecule has 2 atom stereocenters. The molecule has 0 bridgehead atoms. The molecule has 7 heteroatoms. The van der Waals surface area contributed by atoms with Gasteiger partial charge in [0, 0.05) is 30.6 Å². The highest BCUT2D eigenvalue weighted by atomic mass is 32.2. The average molecular weight is 332 g/mol. The number of methoxy groups -OCH3 is 1. The lowest BCUT2D eigenvalue weighted by molar-refractivity contribution is 0.0916. The summed E-state index contributed by atoms with van der Waals surface area (Å²) in [4.78, 5) is 1.24. The van der Waals surface area contributed by atoms with Crippen molar-refractivity contribution in [1.82, 2.24) is 10.0 Å². The van der Waals surface area contributed by atoms with E-state index in [9.17, 15) is 8.42 Å². The Balaban J connectivity index is 2.11. The van der Waals surface area contributed by atoms with Gasteiger partial charge < -0.3 is 10.1 Å². The van der Waals surface area contributed by atoms with E-state index in [2.05, 4.69) is 10.0 Å². The summed E-state index contributed by atoms with van der Waals surface area (Å²) in [5, 5.41) is 5.10. The Morgan fingerprint density at radius 2 is 2.19 bits per heavy atom. The molecule has 0 spiro atoms. The number of sulfonamides is 1. The van der Waals surface area contributed by atoms with Crippen LogP contribution in [0.15, 0.2) is 16.3 Å². The van der Waals surface area contributed by atoms with Crippen LogP contribution in [0.2, 0.25) is 0 Å². The second kappa shape index (κ2) is 7.19. The maximum absolute atomic E-state index is 12.6. The largest absolute Gasteiger partial charge is 0.380 e. The van der Waals surface area contributed by atoms with E-state index in [1.807, 2.05) is 19.2 Å². The van der Waals surface area contributed by atoms with Crippen molar-refractivity contribution < 1.29 is 13.2 Å². The summed E-state index contributed by atoms with van der Waals surface area (Å²) in [5.74, 6) is 0. The zero-order chi connectivity index (χ0) is 15.5. The molecule has 0 saturated heterocycles. The van der Waals surface area contributed by atoms with Gasteiger partial charge in [0.2, 0.25) is 10.0 Å². The van der Waals surface area contributed by atoms with Crippen LogP contribution in [0, 0.1) is 0 Å². The fourth-order valence-corrected chi connectivity index (χ4v) is 5.29. The highest BCUT2D eigenvalue weighted by Crippen LogP contribution is 2.26. The minimum absolute atomic E-state index is 0.0179. The molecule has 1 aromatic rings. The Bertz CT molecular complexity index is 554. The van der Waals surface area contributed by atoms with Crippen LogP contribution in [0.4, 0.5) is 0 Å². The predicted molar refractivity (Wildman–Crippen MR) is 85.1 cm³/mol. The monoisotopic (exact) mass is 332 g/mol. The first kappa shape index (κ1) is 16.9. The lowest BCUT2D eigenvalue weighted by Gasteiger charge is -2.19. The molecule has 120 valence electrons. The first-order chi connectivity index (χ1) is 9.94. The molecule has 1 saturated carbocycles. The van der Waals surface area contributed by atoms with Gasteiger partial charge in [-0.3, -0.25) is 0 Å². The van der Waals surface area contributed by atoms with E-state index in [4.69, 9.17) is 4.74 Å². The second-order valence-corrected chi connectivity index (χ2v) is 8.36. The summed E-state index contributed by atoms with van der Waals surface area (Å²) in [6.45, 7) is 4.66. The fraction of sp³-hybridized carbons (Fsp3) is 0.714. The van der Waals surface area contributed by atoms with Gasteiger partial charge in [-0.15, -0.1) is 11.3 Å². The van der Waals surface area contributed by atoms with Crippen molar-refractivity contribution in [3.05, 3.63) is 16.3 Å². The number of nitrogens with one attached hydrogen (secondary N) is 2. The highest BCUT2D eigenvalue weighted by Gasteiger charge is 2.32. The van der Waals surface area contributed by atoms with E-state index in [-0.39, 0.29) is 12.1 Å². The fourth-order valence-electron chi connectivity index (χ4n) is 2.60. The van der Waals surface area contributed by atoms with Crippen LogP contribution in [0.1, 0.15) is 38.0 Å². The standard InChI is InChI=1S/C14H24N2O3S2/c1-10(2)15-9-13-14(7-8-20-13)21(17,18)16-11-5-4-6-12(11)19-3/h7-8,10-12,15-16H,4-6,9H2,1-3H3. The summed E-state index contributed by atoms with van der Waals surface area (Å²) >= 11 is 1.47. The Labute approximate surface area is 131 Å². The second-order valence-electron chi connectivity index (χ2n) is 5.68. The highest BCUT2D eigenvalue weighted by molar-refractivity contribution is 7.89. The quantitative estimate of drug-likeness (QED) is 0.802. The molecule has 2 rings (SSSR count). The number of hydrogen-bond donors (Lipinski definition) is 2. The third-order valence-electron chi connectivity index (χ3n) is 3.73. The van der Waals surface area contributed by atoms with Crippen molar-refractivity contribution >= 4 is 21.4 Å². The molecule has 1 heterocycles. The lowest BCUT2D eigenvalue weighted by atomic mass is 10.2. The maximum atomic E-state index is 12.6. The van der Waals surface area contributed by atoms with Crippen LogP contribution < -0.4 is 10.0 Å². The van der Waals surface area contributed by atoms with E-state index < -0.39 is 10.0 Å². The van der Waals surface area contributed by atoms with E-state index in [0.717, 1.165) is 24.1 Å². The Morgan fingerprint density at radius 3 is 2.86 bits per heavy atom. The minimum atomic E-state index is -3.48. The smallest absolute Gasteiger partial charge is 0.242 e. The molecule has 2 unspecified atom stereocenters. The molecule has 5 nitrogen and oxygen atoms in total.